The zero-order valence-corrected chi connectivity index (χ0v) is 11.8. The average molecular weight is 288 g/mol. The van der Waals surface area contributed by atoms with E-state index in [-0.39, 0.29) is 5.25 Å². The summed E-state index contributed by atoms with van der Waals surface area (Å²) >= 11 is 1.47. The number of tetrazole rings is 1. The van der Waals surface area contributed by atoms with Gasteiger partial charge in [0.15, 0.2) is 0 Å². The highest BCUT2D eigenvalue weighted by molar-refractivity contribution is 7.99. The normalized spacial score (nSPS) is 12.5. The Balaban J connectivity index is 1.78. The lowest BCUT2D eigenvalue weighted by Gasteiger charge is -2.03. The van der Waals surface area contributed by atoms with Crippen LogP contribution >= 0.6 is 11.8 Å². The Morgan fingerprint density at radius 1 is 1.15 bits per heavy atom. The molecule has 20 heavy (non-hydrogen) atoms. The Hall–Kier alpha value is -2.22. The molecule has 0 N–H and O–H groups in total. The summed E-state index contributed by atoms with van der Waals surface area (Å²) in [5.41, 5.74) is 0.906. The number of rotatable bonds is 4. The molecule has 2 aromatic heterocycles. The molecule has 3 aromatic rings. The van der Waals surface area contributed by atoms with Crippen molar-refractivity contribution < 1.29 is 4.42 Å². The molecule has 0 aliphatic rings. The summed E-state index contributed by atoms with van der Waals surface area (Å²) in [5, 5.41) is 20.1. The summed E-state index contributed by atoms with van der Waals surface area (Å²) in [4.78, 5) is 0. The summed E-state index contributed by atoms with van der Waals surface area (Å²) in [6.07, 6.45) is 0. The molecule has 0 aliphatic heterocycles. The smallest absolute Gasteiger partial charge is 0.247 e. The fourth-order valence-electron chi connectivity index (χ4n) is 1.63. The van der Waals surface area contributed by atoms with Crippen molar-refractivity contribution in [2.24, 2.45) is 7.05 Å². The second-order valence-electron chi connectivity index (χ2n) is 4.16. The van der Waals surface area contributed by atoms with Crippen molar-refractivity contribution in [2.45, 2.75) is 17.3 Å². The van der Waals surface area contributed by atoms with Crippen LogP contribution in [0.15, 0.2) is 39.9 Å². The maximum Gasteiger partial charge on any atom is 0.247 e. The lowest BCUT2D eigenvalue weighted by atomic mass is 10.2. The highest BCUT2D eigenvalue weighted by Crippen LogP contribution is 2.33. The molecule has 0 spiro atoms. The SMILES string of the molecule is C[C@@H](Sc1nnnn1C)c1nnc(-c2ccccc2)o1. The molecule has 0 radical (unpaired) electrons. The molecular formula is C12H12N6OS. The minimum absolute atomic E-state index is 0.0235. The molecule has 0 bridgehead atoms. The van der Waals surface area contributed by atoms with Gasteiger partial charge in [0, 0.05) is 12.6 Å². The van der Waals surface area contributed by atoms with Crippen molar-refractivity contribution in [1.29, 1.82) is 0 Å². The van der Waals surface area contributed by atoms with Crippen molar-refractivity contribution in [3.63, 3.8) is 0 Å². The van der Waals surface area contributed by atoms with Gasteiger partial charge in [0.1, 0.15) is 0 Å². The van der Waals surface area contributed by atoms with Crippen molar-refractivity contribution in [2.75, 3.05) is 0 Å². The van der Waals surface area contributed by atoms with Gasteiger partial charge >= 0.3 is 0 Å². The Morgan fingerprint density at radius 3 is 2.65 bits per heavy atom. The summed E-state index contributed by atoms with van der Waals surface area (Å²) < 4.78 is 7.31. The van der Waals surface area contributed by atoms with Gasteiger partial charge in [0.05, 0.1) is 5.25 Å². The fraction of sp³-hybridized carbons (Fsp3) is 0.250. The van der Waals surface area contributed by atoms with E-state index in [0.29, 0.717) is 16.9 Å². The average Bonchev–Trinajstić information content (AvgIpc) is 3.10. The van der Waals surface area contributed by atoms with Gasteiger partial charge in [-0.1, -0.05) is 30.0 Å². The van der Waals surface area contributed by atoms with Crippen LogP contribution in [-0.4, -0.2) is 30.4 Å². The second kappa shape index (κ2) is 5.41. The first-order valence-corrected chi connectivity index (χ1v) is 6.90. The van der Waals surface area contributed by atoms with Gasteiger partial charge in [0.25, 0.3) is 0 Å². The van der Waals surface area contributed by atoms with E-state index in [0.717, 1.165) is 5.56 Å². The van der Waals surface area contributed by atoms with Crippen LogP contribution < -0.4 is 0 Å². The van der Waals surface area contributed by atoms with Gasteiger partial charge in [0.2, 0.25) is 16.9 Å². The summed E-state index contributed by atoms with van der Waals surface area (Å²) in [6, 6.07) is 9.68. The lowest BCUT2D eigenvalue weighted by molar-refractivity contribution is 0.508. The first-order valence-electron chi connectivity index (χ1n) is 6.02. The topological polar surface area (TPSA) is 82.5 Å². The van der Waals surface area contributed by atoms with Crippen LogP contribution in [0.2, 0.25) is 0 Å². The molecule has 8 heteroatoms. The maximum atomic E-state index is 5.70. The molecule has 1 atom stereocenters. The van der Waals surface area contributed by atoms with E-state index in [4.69, 9.17) is 4.42 Å². The van der Waals surface area contributed by atoms with E-state index in [1.165, 1.54) is 11.8 Å². The number of aromatic nitrogens is 6. The first-order chi connectivity index (χ1) is 9.74. The Kier molecular flexibility index (Phi) is 3.46. The van der Waals surface area contributed by atoms with Crippen molar-refractivity contribution >= 4 is 11.8 Å². The Morgan fingerprint density at radius 2 is 1.95 bits per heavy atom. The van der Waals surface area contributed by atoms with Crippen LogP contribution in [0.3, 0.4) is 0 Å². The zero-order chi connectivity index (χ0) is 13.9. The van der Waals surface area contributed by atoms with E-state index >= 15 is 0 Å². The molecule has 102 valence electrons. The minimum atomic E-state index is -0.0235. The van der Waals surface area contributed by atoms with Crippen molar-refractivity contribution in [3.8, 4) is 11.5 Å². The molecule has 0 saturated carbocycles. The first kappa shape index (κ1) is 12.8. The molecule has 2 heterocycles. The molecule has 0 saturated heterocycles. The van der Waals surface area contributed by atoms with Crippen LogP contribution in [0.1, 0.15) is 18.1 Å². The molecule has 0 amide bonds. The molecular weight excluding hydrogens is 276 g/mol. The van der Waals surface area contributed by atoms with Gasteiger partial charge in [-0.15, -0.1) is 15.3 Å². The Labute approximate surface area is 119 Å². The minimum Gasteiger partial charge on any atom is -0.419 e. The number of hydrogen-bond donors (Lipinski definition) is 0. The molecule has 7 nitrogen and oxygen atoms in total. The van der Waals surface area contributed by atoms with Crippen LogP contribution in [0.5, 0.6) is 0 Å². The fourth-order valence-corrected chi connectivity index (χ4v) is 2.41. The summed E-state index contributed by atoms with van der Waals surface area (Å²) in [6.45, 7) is 1.97. The van der Waals surface area contributed by atoms with Gasteiger partial charge in [-0.3, -0.25) is 0 Å². The van der Waals surface area contributed by atoms with Gasteiger partial charge < -0.3 is 4.42 Å². The van der Waals surface area contributed by atoms with Crippen molar-refractivity contribution in [3.05, 3.63) is 36.2 Å². The monoisotopic (exact) mass is 288 g/mol. The molecule has 0 aliphatic carbocycles. The van der Waals surface area contributed by atoms with Crippen LogP contribution in [0, 0.1) is 0 Å². The third-order valence-corrected chi connectivity index (χ3v) is 3.78. The molecule has 3 rings (SSSR count). The van der Waals surface area contributed by atoms with E-state index in [9.17, 15) is 0 Å². The number of nitrogens with zero attached hydrogens (tertiary/aromatic N) is 6. The van der Waals surface area contributed by atoms with Crippen molar-refractivity contribution in [1.82, 2.24) is 30.4 Å². The van der Waals surface area contributed by atoms with E-state index in [2.05, 4.69) is 25.7 Å². The third-order valence-electron chi connectivity index (χ3n) is 2.67. The highest BCUT2D eigenvalue weighted by Gasteiger charge is 2.18. The second-order valence-corrected chi connectivity index (χ2v) is 5.46. The van der Waals surface area contributed by atoms with Gasteiger partial charge in [-0.05, 0) is 29.5 Å². The van der Waals surface area contributed by atoms with Gasteiger partial charge in [-0.2, -0.15) is 0 Å². The van der Waals surface area contributed by atoms with Crippen LogP contribution in [0.4, 0.5) is 0 Å². The van der Waals surface area contributed by atoms with E-state index in [1.807, 2.05) is 37.3 Å². The number of hydrogen-bond acceptors (Lipinski definition) is 7. The third kappa shape index (κ3) is 2.55. The zero-order valence-electron chi connectivity index (χ0n) is 11.0. The van der Waals surface area contributed by atoms with Crippen LogP contribution in [0.25, 0.3) is 11.5 Å². The number of benzene rings is 1. The molecule has 0 fully saturated rings. The predicted octanol–water partition coefficient (Wildman–Crippen LogP) is 2.11. The van der Waals surface area contributed by atoms with Gasteiger partial charge in [-0.25, -0.2) is 4.68 Å². The Bertz CT molecular complexity index is 695. The number of aryl methyl sites for hydroxylation is 1. The molecule has 1 aromatic carbocycles. The molecule has 0 unspecified atom stereocenters. The lowest BCUT2D eigenvalue weighted by Crippen LogP contribution is -1.96. The largest absolute Gasteiger partial charge is 0.419 e. The number of thioether (sulfide) groups is 1. The summed E-state index contributed by atoms with van der Waals surface area (Å²) in [5.74, 6) is 1.07. The quantitative estimate of drug-likeness (QED) is 0.680. The standard InChI is InChI=1S/C12H12N6OS/c1-8(20-12-15-16-17-18(12)2)10-13-14-11(19-10)9-6-4-3-5-7-9/h3-8H,1-2H3/t8-/m1/s1. The predicted molar refractivity (Wildman–Crippen MR) is 72.8 cm³/mol. The van der Waals surface area contributed by atoms with E-state index < -0.39 is 0 Å². The highest BCUT2D eigenvalue weighted by atomic mass is 32.2. The summed E-state index contributed by atoms with van der Waals surface area (Å²) in [7, 11) is 1.79. The maximum absolute atomic E-state index is 5.70. The van der Waals surface area contributed by atoms with E-state index in [1.54, 1.807) is 11.7 Å². The van der Waals surface area contributed by atoms with Crippen LogP contribution in [-0.2, 0) is 7.05 Å².